The molecular weight excluding hydrogens is 184 g/mol. The van der Waals surface area contributed by atoms with Crippen LogP contribution in [0.25, 0.3) is 0 Å². The molecule has 1 atom stereocenters. The zero-order valence-corrected chi connectivity index (χ0v) is 9.00. The number of anilines is 1. The van der Waals surface area contributed by atoms with Crippen LogP contribution in [0.1, 0.15) is 31.2 Å². The van der Waals surface area contributed by atoms with Crippen molar-refractivity contribution in [3.05, 3.63) is 42.0 Å². The molecule has 0 bridgehead atoms. The molecule has 1 aromatic carbocycles. The highest BCUT2D eigenvalue weighted by molar-refractivity contribution is 5.53. The van der Waals surface area contributed by atoms with Crippen LogP contribution >= 0.6 is 0 Å². The van der Waals surface area contributed by atoms with Crippen molar-refractivity contribution >= 4 is 5.69 Å². The van der Waals surface area contributed by atoms with E-state index in [1.165, 1.54) is 6.42 Å². The first-order valence-corrected chi connectivity index (χ1v) is 5.47. The summed E-state index contributed by atoms with van der Waals surface area (Å²) in [5.41, 5.74) is 15.0. The van der Waals surface area contributed by atoms with Gasteiger partial charge in [-0.3, -0.25) is 0 Å². The smallest absolute Gasteiger partial charge is 0.0642 e. The summed E-state index contributed by atoms with van der Waals surface area (Å²) in [5.74, 6) is 0. The highest BCUT2D eigenvalue weighted by Crippen LogP contribution is 2.40. The average Bonchev–Trinajstić information content (AvgIpc) is 2.23. The Balaban J connectivity index is 2.44. The van der Waals surface area contributed by atoms with E-state index in [0.717, 1.165) is 36.1 Å². The molecular formula is C13H18N2. The van der Waals surface area contributed by atoms with Crippen molar-refractivity contribution in [2.45, 2.75) is 31.2 Å². The number of hydrogen-bond acceptors (Lipinski definition) is 2. The summed E-state index contributed by atoms with van der Waals surface area (Å²) in [6.07, 6.45) is 4.33. The van der Waals surface area contributed by atoms with E-state index in [9.17, 15) is 0 Å². The normalized spacial score (nSPS) is 26.6. The first-order chi connectivity index (χ1) is 7.14. The average molecular weight is 202 g/mol. The third kappa shape index (κ3) is 1.65. The minimum atomic E-state index is -0.399. The lowest BCUT2D eigenvalue weighted by molar-refractivity contribution is 0.397. The molecule has 2 nitrogen and oxygen atoms in total. The van der Waals surface area contributed by atoms with E-state index in [-0.39, 0.29) is 0 Å². The van der Waals surface area contributed by atoms with Crippen LogP contribution in [0.5, 0.6) is 0 Å². The highest BCUT2D eigenvalue weighted by Gasteiger charge is 2.33. The molecule has 0 spiro atoms. The lowest BCUT2D eigenvalue weighted by Crippen LogP contribution is -2.41. The number of para-hydroxylation sites is 1. The van der Waals surface area contributed by atoms with Crippen molar-refractivity contribution < 1.29 is 0 Å². The second kappa shape index (κ2) is 3.70. The van der Waals surface area contributed by atoms with Gasteiger partial charge in [-0.1, -0.05) is 36.8 Å². The van der Waals surface area contributed by atoms with Crippen LogP contribution in [0, 0.1) is 0 Å². The van der Waals surface area contributed by atoms with Gasteiger partial charge in [0.15, 0.2) is 0 Å². The van der Waals surface area contributed by atoms with Crippen LogP contribution in [0.3, 0.4) is 0 Å². The first-order valence-electron chi connectivity index (χ1n) is 5.47. The monoisotopic (exact) mass is 202 g/mol. The summed E-state index contributed by atoms with van der Waals surface area (Å²) in [6.45, 7) is 4.10. The minimum Gasteiger partial charge on any atom is -0.398 e. The van der Waals surface area contributed by atoms with Crippen LogP contribution in [0.2, 0.25) is 0 Å². The fraction of sp³-hybridized carbons (Fsp3) is 0.385. The van der Waals surface area contributed by atoms with Gasteiger partial charge in [0.1, 0.15) is 0 Å². The van der Waals surface area contributed by atoms with Crippen LogP contribution < -0.4 is 11.5 Å². The predicted molar refractivity (Wildman–Crippen MR) is 64.3 cm³/mol. The molecule has 1 aromatic rings. The standard InChI is InChI=1S/C13H18N2/c1-10-6-4-5-9-13(10,15)11-7-2-3-8-12(11)14/h2-3,7-8H,1,4-6,9,14-15H2/t13-/m1/s1. The largest absolute Gasteiger partial charge is 0.398 e. The Labute approximate surface area is 91.0 Å². The molecule has 0 amide bonds. The Morgan fingerprint density at radius 3 is 2.60 bits per heavy atom. The van der Waals surface area contributed by atoms with E-state index >= 15 is 0 Å². The van der Waals surface area contributed by atoms with E-state index in [4.69, 9.17) is 11.5 Å². The Hall–Kier alpha value is -1.28. The molecule has 1 fully saturated rings. The summed E-state index contributed by atoms with van der Waals surface area (Å²) in [6, 6.07) is 7.85. The zero-order chi connectivity index (χ0) is 10.9. The lowest BCUT2D eigenvalue weighted by Gasteiger charge is -2.37. The molecule has 0 unspecified atom stereocenters. The lowest BCUT2D eigenvalue weighted by atomic mass is 9.74. The molecule has 2 heteroatoms. The van der Waals surface area contributed by atoms with E-state index in [1.54, 1.807) is 0 Å². The Kier molecular flexibility index (Phi) is 2.53. The van der Waals surface area contributed by atoms with Gasteiger partial charge in [0.05, 0.1) is 5.54 Å². The second-order valence-electron chi connectivity index (χ2n) is 4.37. The van der Waals surface area contributed by atoms with Gasteiger partial charge >= 0.3 is 0 Å². The Morgan fingerprint density at radius 1 is 1.20 bits per heavy atom. The topological polar surface area (TPSA) is 52.0 Å². The van der Waals surface area contributed by atoms with E-state index in [0.29, 0.717) is 0 Å². The first kappa shape index (κ1) is 10.2. The molecule has 1 saturated carbocycles. The Morgan fingerprint density at radius 2 is 1.93 bits per heavy atom. The van der Waals surface area contributed by atoms with Crippen molar-refractivity contribution in [1.82, 2.24) is 0 Å². The van der Waals surface area contributed by atoms with Crippen LogP contribution in [-0.2, 0) is 5.54 Å². The summed E-state index contributed by atoms with van der Waals surface area (Å²) in [5, 5.41) is 0. The van der Waals surface area contributed by atoms with Gasteiger partial charge in [-0.25, -0.2) is 0 Å². The molecule has 80 valence electrons. The van der Waals surface area contributed by atoms with Crippen LogP contribution in [0.15, 0.2) is 36.4 Å². The van der Waals surface area contributed by atoms with E-state index in [1.807, 2.05) is 24.3 Å². The van der Waals surface area contributed by atoms with Gasteiger partial charge in [0.25, 0.3) is 0 Å². The number of hydrogen-bond donors (Lipinski definition) is 2. The third-order valence-corrected chi connectivity index (χ3v) is 3.37. The van der Waals surface area contributed by atoms with Gasteiger partial charge in [-0.15, -0.1) is 0 Å². The summed E-state index contributed by atoms with van der Waals surface area (Å²) < 4.78 is 0. The minimum absolute atomic E-state index is 0.399. The van der Waals surface area contributed by atoms with Crippen molar-refractivity contribution in [2.75, 3.05) is 5.73 Å². The van der Waals surface area contributed by atoms with Crippen molar-refractivity contribution in [1.29, 1.82) is 0 Å². The highest BCUT2D eigenvalue weighted by atomic mass is 14.8. The summed E-state index contributed by atoms with van der Waals surface area (Å²) >= 11 is 0. The van der Waals surface area contributed by atoms with Gasteiger partial charge in [-0.2, -0.15) is 0 Å². The number of benzene rings is 1. The SMILES string of the molecule is C=C1CCCC[C@]1(N)c1ccccc1N. The van der Waals surface area contributed by atoms with Gasteiger partial charge in [-0.05, 0) is 30.9 Å². The molecule has 0 radical (unpaired) electrons. The summed E-state index contributed by atoms with van der Waals surface area (Å²) in [4.78, 5) is 0. The molecule has 4 N–H and O–H groups in total. The number of nitrogens with two attached hydrogens (primary N) is 2. The number of nitrogen functional groups attached to an aromatic ring is 1. The maximum atomic E-state index is 6.45. The fourth-order valence-electron chi connectivity index (χ4n) is 2.37. The van der Waals surface area contributed by atoms with Crippen molar-refractivity contribution in [2.24, 2.45) is 5.73 Å². The second-order valence-corrected chi connectivity index (χ2v) is 4.37. The quantitative estimate of drug-likeness (QED) is 0.543. The van der Waals surface area contributed by atoms with Gasteiger partial charge in [0.2, 0.25) is 0 Å². The van der Waals surface area contributed by atoms with E-state index < -0.39 is 5.54 Å². The predicted octanol–water partition coefficient (Wildman–Crippen LogP) is 2.55. The summed E-state index contributed by atoms with van der Waals surface area (Å²) in [7, 11) is 0. The van der Waals surface area contributed by atoms with Gasteiger partial charge < -0.3 is 11.5 Å². The zero-order valence-electron chi connectivity index (χ0n) is 9.00. The molecule has 15 heavy (non-hydrogen) atoms. The molecule has 1 aliphatic carbocycles. The molecule has 0 heterocycles. The molecule has 0 aliphatic heterocycles. The van der Waals surface area contributed by atoms with E-state index in [2.05, 4.69) is 6.58 Å². The molecule has 2 rings (SSSR count). The fourth-order valence-corrected chi connectivity index (χ4v) is 2.37. The van der Waals surface area contributed by atoms with Crippen molar-refractivity contribution in [3.63, 3.8) is 0 Å². The maximum Gasteiger partial charge on any atom is 0.0642 e. The van der Waals surface area contributed by atoms with Crippen LogP contribution in [0.4, 0.5) is 5.69 Å². The molecule has 0 saturated heterocycles. The third-order valence-electron chi connectivity index (χ3n) is 3.37. The van der Waals surface area contributed by atoms with Gasteiger partial charge in [0, 0.05) is 5.69 Å². The van der Waals surface area contributed by atoms with Crippen molar-refractivity contribution in [3.8, 4) is 0 Å². The molecule has 0 aromatic heterocycles. The Bertz CT molecular complexity index is 384. The maximum absolute atomic E-state index is 6.45. The number of rotatable bonds is 1. The molecule has 1 aliphatic rings. The van der Waals surface area contributed by atoms with Crippen LogP contribution in [-0.4, -0.2) is 0 Å².